The number of carbonyl (C=O) groups is 4. The summed E-state index contributed by atoms with van der Waals surface area (Å²) >= 11 is 0. The molecule has 2 aromatic rings. The molecule has 0 atom stereocenters. The van der Waals surface area contributed by atoms with Gasteiger partial charge in [0.15, 0.2) is 0 Å². The molecule has 0 aromatic heterocycles. The van der Waals surface area contributed by atoms with E-state index in [1.807, 2.05) is 13.8 Å². The summed E-state index contributed by atoms with van der Waals surface area (Å²) in [6.45, 7) is 4.40. The van der Waals surface area contributed by atoms with Crippen molar-refractivity contribution in [3.63, 3.8) is 0 Å². The van der Waals surface area contributed by atoms with Crippen LogP contribution in [0.4, 0.5) is 0 Å². The second-order valence-corrected chi connectivity index (χ2v) is 6.86. The molecule has 10 heteroatoms. The zero-order valence-corrected chi connectivity index (χ0v) is 21.0. The van der Waals surface area contributed by atoms with Crippen LogP contribution in [0.15, 0.2) is 48.5 Å². The van der Waals surface area contributed by atoms with Gasteiger partial charge in [0.05, 0.1) is 62.9 Å². The molecule has 0 heterocycles. The van der Waals surface area contributed by atoms with Crippen LogP contribution >= 0.6 is 0 Å². The van der Waals surface area contributed by atoms with Crippen LogP contribution in [0, 0.1) is 0 Å². The number of ether oxygens (including phenoxy) is 4. The maximum absolute atomic E-state index is 11.4. The molecule has 0 saturated carbocycles. The predicted molar refractivity (Wildman–Crippen MR) is 131 cm³/mol. The Morgan fingerprint density at radius 2 is 0.806 bits per heavy atom. The Balaban J connectivity index is 0.000000593. The van der Waals surface area contributed by atoms with Crippen LogP contribution in [0.5, 0.6) is 0 Å². The van der Waals surface area contributed by atoms with E-state index in [1.165, 1.54) is 38.5 Å². The summed E-state index contributed by atoms with van der Waals surface area (Å²) in [7, 11) is 2.62. The van der Waals surface area contributed by atoms with Gasteiger partial charge in [-0.25, -0.2) is 19.2 Å². The third-order valence-corrected chi connectivity index (χ3v) is 4.06. The standard InChI is InChI=1S/2C12H14O4.C2H6O2/c2*1-3-8-16-12(14)10-6-4-9(5-7-10)11(13)15-2;3-1-2-4/h2*4-7H,3,8H2,1-2H3;3-4H,1-2H2. The van der Waals surface area contributed by atoms with Gasteiger partial charge in [0.2, 0.25) is 0 Å². The number of methoxy groups -OCH3 is 2. The third kappa shape index (κ3) is 12.6. The van der Waals surface area contributed by atoms with Crippen molar-refractivity contribution < 1.29 is 48.3 Å². The molecule has 0 aliphatic heterocycles. The Morgan fingerprint density at radius 1 is 0.556 bits per heavy atom. The van der Waals surface area contributed by atoms with E-state index in [0.29, 0.717) is 35.5 Å². The number of hydrogen-bond acceptors (Lipinski definition) is 10. The lowest BCUT2D eigenvalue weighted by Gasteiger charge is -2.03. The summed E-state index contributed by atoms with van der Waals surface area (Å²) < 4.78 is 19.0. The van der Waals surface area contributed by atoms with Crippen LogP contribution in [0.3, 0.4) is 0 Å². The molecule has 0 radical (unpaired) electrons. The highest BCUT2D eigenvalue weighted by Gasteiger charge is 2.10. The average Bonchev–Trinajstić information content (AvgIpc) is 2.94. The van der Waals surface area contributed by atoms with Crippen molar-refractivity contribution in [2.24, 2.45) is 0 Å². The van der Waals surface area contributed by atoms with Crippen LogP contribution in [0.2, 0.25) is 0 Å². The van der Waals surface area contributed by atoms with Gasteiger partial charge in [0.25, 0.3) is 0 Å². The Hall–Kier alpha value is -3.76. The minimum atomic E-state index is -0.423. The van der Waals surface area contributed by atoms with Gasteiger partial charge >= 0.3 is 23.9 Å². The molecule has 36 heavy (non-hydrogen) atoms. The number of hydrogen-bond donors (Lipinski definition) is 2. The molecule has 0 bridgehead atoms. The summed E-state index contributed by atoms with van der Waals surface area (Å²) in [5.74, 6) is -1.60. The maximum atomic E-state index is 11.4. The minimum absolute atomic E-state index is 0.125. The first kappa shape index (κ1) is 32.2. The molecule has 0 amide bonds. The molecule has 0 saturated heterocycles. The second kappa shape index (κ2) is 19.5. The van der Waals surface area contributed by atoms with E-state index >= 15 is 0 Å². The molecular formula is C26H34O10. The fraction of sp³-hybridized carbons (Fsp3) is 0.385. The number of benzene rings is 2. The van der Waals surface area contributed by atoms with Crippen molar-refractivity contribution in [3.05, 3.63) is 70.8 Å². The van der Waals surface area contributed by atoms with Crippen LogP contribution in [0.1, 0.15) is 68.1 Å². The first-order chi connectivity index (χ1) is 17.3. The average molecular weight is 507 g/mol. The van der Waals surface area contributed by atoms with E-state index < -0.39 is 11.9 Å². The van der Waals surface area contributed by atoms with Crippen molar-refractivity contribution in [2.45, 2.75) is 26.7 Å². The summed E-state index contributed by atoms with van der Waals surface area (Å²) in [5.41, 5.74) is 1.69. The number of rotatable bonds is 9. The summed E-state index contributed by atoms with van der Waals surface area (Å²) in [6.07, 6.45) is 1.57. The molecule has 0 unspecified atom stereocenters. The smallest absolute Gasteiger partial charge is 0.338 e. The van der Waals surface area contributed by atoms with Gasteiger partial charge in [0, 0.05) is 0 Å². The van der Waals surface area contributed by atoms with Gasteiger partial charge < -0.3 is 29.2 Å². The number of aliphatic hydroxyl groups is 2. The van der Waals surface area contributed by atoms with Gasteiger partial charge in [0.1, 0.15) is 0 Å². The SMILES string of the molecule is CCCOC(=O)c1ccc(C(=O)OC)cc1.CCCOC(=O)c1ccc(C(=O)OC)cc1.OCCO. The largest absolute Gasteiger partial charge is 0.465 e. The van der Waals surface area contributed by atoms with E-state index in [0.717, 1.165) is 12.8 Å². The molecule has 0 aliphatic carbocycles. The number of aliphatic hydroxyl groups excluding tert-OH is 2. The van der Waals surface area contributed by atoms with Crippen molar-refractivity contribution in [3.8, 4) is 0 Å². The number of esters is 4. The van der Waals surface area contributed by atoms with Gasteiger partial charge in [-0.3, -0.25) is 0 Å². The van der Waals surface area contributed by atoms with E-state index in [2.05, 4.69) is 9.47 Å². The van der Waals surface area contributed by atoms with Gasteiger partial charge in [-0.1, -0.05) is 13.8 Å². The molecule has 0 spiro atoms. The quantitative estimate of drug-likeness (QED) is 0.384. The lowest BCUT2D eigenvalue weighted by atomic mass is 10.1. The zero-order valence-electron chi connectivity index (χ0n) is 21.0. The molecule has 0 aliphatic rings. The Bertz CT molecular complexity index is 843. The predicted octanol–water partition coefficient (Wildman–Crippen LogP) is 3.05. The maximum Gasteiger partial charge on any atom is 0.338 e. The fourth-order valence-electron chi connectivity index (χ4n) is 2.28. The highest BCUT2D eigenvalue weighted by atomic mass is 16.5. The molecule has 198 valence electrons. The van der Waals surface area contributed by atoms with Crippen LogP contribution in [-0.4, -0.2) is 74.7 Å². The molecule has 0 fully saturated rings. The van der Waals surface area contributed by atoms with Gasteiger partial charge in [-0.05, 0) is 61.4 Å². The Morgan fingerprint density at radius 3 is 1.00 bits per heavy atom. The normalized spacial score (nSPS) is 9.39. The third-order valence-electron chi connectivity index (χ3n) is 4.06. The van der Waals surface area contributed by atoms with E-state index in [-0.39, 0.29) is 25.2 Å². The van der Waals surface area contributed by atoms with Crippen molar-refractivity contribution >= 4 is 23.9 Å². The topological polar surface area (TPSA) is 146 Å². The molecule has 10 nitrogen and oxygen atoms in total. The first-order valence-electron chi connectivity index (χ1n) is 11.2. The zero-order chi connectivity index (χ0) is 27.3. The Labute approximate surface area is 210 Å². The van der Waals surface area contributed by atoms with E-state index in [4.69, 9.17) is 19.7 Å². The van der Waals surface area contributed by atoms with Crippen LogP contribution < -0.4 is 0 Å². The second-order valence-electron chi connectivity index (χ2n) is 6.86. The van der Waals surface area contributed by atoms with Crippen LogP contribution in [0.25, 0.3) is 0 Å². The number of carbonyl (C=O) groups excluding carboxylic acids is 4. The van der Waals surface area contributed by atoms with Crippen LogP contribution in [-0.2, 0) is 18.9 Å². The lowest BCUT2D eigenvalue weighted by Crippen LogP contribution is -2.07. The van der Waals surface area contributed by atoms with Crippen molar-refractivity contribution in [1.82, 2.24) is 0 Å². The van der Waals surface area contributed by atoms with Gasteiger partial charge in [-0.15, -0.1) is 0 Å². The highest BCUT2D eigenvalue weighted by molar-refractivity contribution is 5.94. The Kier molecular flexibility index (Phi) is 17.5. The lowest BCUT2D eigenvalue weighted by molar-refractivity contribution is 0.0495. The van der Waals surface area contributed by atoms with E-state index in [1.54, 1.807) is 24.3 Å². The van der Waals surface area contributed by atoms with E-state index in [9.17, 15) is 19.2 Å². The monoisotopic (exact) mass is 506 g/mol. The highest BCUT2D eigenvalue weighted by Crippen LogP contribution is 2.08. The molecule has 2 rings (SSSR count). The van der Waals surface area contributed by atoms with Crippen molar-refractivity contribution in [2.75, 3.05) is 40.6 Å². The minimum Gasteiger partial charge on any atom is -0.465 e. The summed E-state index contributed by atoms with van der Waals surface area (Å²) in [6, 6.07) is 12.3. The molecular weight excluding hydrogens is 472 g/mol. The summed E-state index contributed by atoms with van der Waals surface area (Å²) in [4.78, 5) is 45.1. The van der Waals surface area contributed by atoms with Gasteiger partial charge in [-0.2, -0.15) is 0 Å². The molecule has 2 N–H and O–H groups in total. The van der Waals surface area contributed by atoms with Crippen molar-refractivity contribution in [1.29, 1.82) is 0 Å². The molecule has 2 aromatic carbocycles. The summed E-state index contributed by atoms with van der Waals surface area (Å²) in [5, 5.41) is 15.2. The first-order valence-corrected chi connectivity index (χ1v) is 11.2. The fourth-order valence-corrected chi connectivity index (χ4v) is 2.28.